The lowest BCUT2D eigenvalue weighted by molar-refractivity contribution is 1.50. The molecule has 1 heterocycles. The van der Waals surface area contributed by atoms with E-state index in [1.807, 2.05) is 0 Å². The molecule has 0 saturated carbocycles. The molecule has 1 N–H and O–H groups in total. The molecule has 0 bridgehead atoms. The van der Waals surface area contributed by atoms with Crippen LogP contribution < -0.4 is 0 Å². The summed E-state index contributed by atoms with van der Waals surface area (Å²) in [6.45, 7) is 0. The first kappa shape index (κ1) is 9.13. The zero-order valence-electron chi connectivity index (χ0n) is 9.27. The van der Waals surface area contributed by atoms with Gasteiger partial charge in [-0.05, 0) is 38.4 Å². The molecule has 4 aromatic rings. The lowest BCUT2D eigenvalue weighted by Gasteiger charge is -2.04. The summed E-state index contributed by atoms with van der Waals surface area (Å²) in [4.78, 5) is 4.86. The Morgan fingerprint density at radius 3 is 2.65 bits per heavy atom. The molecule has 4 rings (SSSR count). The largest absolute Gasteiger partial charge is 0.366 e. The first-order chi connectivity index (χ1) is 8.43. The molecule has 0 spiro atoms. The fourth-order valence-electron chi connectivity index (χ4n) is 2.63. The SMILES string of the molecule is c1ccc2c(c1)ccc1c2ccc2[nH]c[siH]c21. The van der Waals surface area contributed by atoms with Gasteiger partial charge in [-0.25, -0.2) is 0 Å². The summed E-state index contributed by atoms with van der Waals surface area (Å²) >= 11 is 0. The Labute approximate surface area is 101 Å². The molecule has 0 fully saturated rings. The number of benzene rings is 3. The molecule has 2 heteroatoms. The molecule has 0 radical (unpaired) electrons. The minimum Gasteiger partial charge on any atom is -0.366 e. The van der Waals surface area contributed by atoms with Gasteiger partial charge >= 0.3 is 0 Å². The van der Waals surface area contributed by atoms with Crippen LogP contribution in [0.25, 0.3) is 32.1 Å². The maximum absolute atomic E-state index is 3.35. The van der Waals surface area contributed by atoms with Crippen molar-refractivity contribution < 1.29 is 0 Å². The van der Waals surface area contributed by atoms with Crippen LogP contribution in [0, 0.1) is 0 Å². The molecule has 1 nitrogen and oxygen atoms in total. The second-order valence-corrected chi connectivity index (χ2v) is 5.63. The minimum absolute atomic E-state index is 0.268. The van der Waals surface area contributed by atoms with E-state index in [-0.39, 0.29) is 9.12 Å². The van der Waals surface area contributed by atoms with E-state index in [0.29, 0.717) is 0 Å². The van der Waals surface area contributed by atoms with E-state index >= 15 is 0 Å². The second kappa shape index (κ2) is 3.28. The molecular weight excluding hydrogens is 222 g/mol. The van der Waals surface area contributed by atoms with Gasteiger partial charge in [-0.2, -0.15) is 0 Å². The van der Waals surface area contributed by atoms with Crippen molar-refractivity contribution in [3.63, 3.8) is 0 Å². The summed E-state index contributed by atoms with van der Waals surface area (Å²) in [5.41, 5.74) is 1.29. The van der Waals surface area contributed by atoms with Gasteiger partial charge in [-0.15, -0.1) is 0 Å². The third kappa shape index (κ3) is 1.21. The van der Waals surface area contributed by atoms with Crippen LogP contribution in [0.5, 0.6) is 0 Å². The minimum atomic E-state index is 0.268. The van der Waals surface area contributed by atoms with Crippen LogP contribution in [0.4, 0.5) is 0 Å². The van der Waals surface area contributed by atoms with Crippen molar-refractivity contribution in [3.05, 3.63) is 54.3 Å². The maximum Gasteiger partial charge on any atom is 0.0534 e. The Kier molecular flexibility index (Phi) is 1.76. The number of nitrogens with one attached hydrogen (secondary N) is 1. The van der Waals surface area contributed by atoms with E-state index in [2.05, 4.69) is 59.3 Å². The fourth-order valence-corrected chi connectivity index (χ4v) is 3.85. The zero-order valence-corrected chi connectivity index (χ0v) is 10.4. The summed E-state index contributed by atoms with van der Waals surface area (Å²) in [6.07, 6.45) is 0. The van der Waals surface area contributed by atoms with Crippen LogP contribution in [0.1, 0.15) is 0 Å². The van der Waals surface area contributed by atoms with Gasteiger partial charge in [0.25, 0.3) is 0 Å². The standard InChI is InChI=1S/C15H11NSi/c1-2-4-11-10(3-1)5-6-13-12(11)7-8-14-15(13)17-9-16-14/h1-9,16-17H. The Balaban J connectivity index is 2.34. The molecular formula is C15H11NSi. The van der Waals surface area contributed by atoms with Crippen molar-refractivity contribution in [2.45, 2.75) is 0 Å². The number of hydrogen-bond donors (Lipinski definition) is 1. The molecule has 0 aliphatic carbocycles. The molecule has 0 unspecified atom stereocenters. The normalized spacial score (nSPS) is 11.5. The van der Waals surface area contributed by atoms with Crippen molar-refractivity contribution in [2.24, 2.45) is 0 Å². The number of fused-ring (bicyclic) bond motifs is 5. The van der Waals surface area contributed by atoms with Gasteiger partial charge in [-0.1, -0.05) is 42.5 Å². The molecule has 1 aromatic heterocycles. The lowest BCUT2D eigenvalue weighted by Crippen LogP contribution is -1.79. The Morgan fingerprint density at radius 1 is 0.765 bits per heavy atom. The summed E-state index contributed by atoms with van der Waals surface area (Å²) in [7, 11) is 0.268. The second-order valence-electron chi connectivity index (χ2n) is 4.39. The van der Waals surface area contributed by atoms with Gasteiger partial charge in [0.1, 0.15) is 0 Å². The first-order valence-corrected chi connectivity index (χ1v) is 7.05. The highest BCUT2D eigenvalue weighted by molar-refractivity contribution is 6.51. The summed E-state index contributed by atoms with van der Waals surface area (Å²) in [6, 6.07) is 17.6. The average Bonchev–Trinajstić information content (AvgIpc) is 2.86. The van der Waals surface area contributed by atoms with E-state index in [1.54, 1.807) is 0 Å². The molecule has 0 aliphatic heterocycles. The van der Waals surface area contributed by atoms with Gasteiger partial charge in [0, 0.05) is 5.52 Å². The molecule has 0 amide bonds. The van der Waals surface area contributed by atoms with Crippen LogP contribution in [0.3, 0.4) is 0 Å². The number of H-pyrrole nitrogens is 1. The molecule has 17 heavy (non-hydrogen) atoms. The summed E-state index contributed by atoms with van der Waals surface area (Å²) in [5, 5.41) is 5.48. The number of hydrogen-bond acceptors (Lipinski definition) is 0. The van der Waals surface area contributed by atoms with Crippen LogP contribution in [0.2, 0.25) is 0 Å². The Hall–Kier alpha value is -1.93. The molecule has 80 valence electrons. The third-order valence-corrected chi connectivity index (χ3v) is 4.75. The average molecular weight is 233 g/mol. The van der Waals surface area contributed by atoms with Gasteiger partial charge in [-0.3, -0.25) is 0 Å². The summed E-state index contributed by atoms with van der Waals surface area (Å²) < 4.78 is 0. The molecule has 3 aromatic carbocycles. The predicted octanol–water partition coefficient (Wildman–Crippen LogP) is 3.54. The fraction of sp³-hybridized carbons (Fsp3) is 0. The van der Waals surface area contributed by atoms with Gasteiger partial charge in [0.05, 0.1) is 9.12 Å². The van der Waals surface area contributed by atoms with Crippen LogP contribution in [-0.4, -0.2) is 14.1 Å². The van der Waals surface area contributed by atoms with Gasteiger partial charge in [0.2, 0.25) is 0 Å². The maximum atomic E-state index is 3.35. The van der Waals surface area contributed by atoms with Gasteiger partial charge < -0.3 is 4.98 Å². The van der Waals surface area contributed by atoms with E-state index in [4.69, 9.17) is 0 Å². The van der Waals surface area contributed by atoms with E-state index < -0.39 is 0 Å². The van der Waals surface area contributed by atoms with Crippen LogP contribution >= 0.6 is 0 Å². The van der Waals surface area contributed by atoms with Gasteiger partial charge in [0.15, 0.2) is 0 Å². The number of rotatable bonds is 0. The third-order valence-electron chi connectivity index (χ3n) is 3.46. The zero-order chi connectivity index (χ0) is 11.2. The highest BCUT2D eigenvalue weighted by Crippen LogP contribution is 2.29. The van der Waals surface area contributed by atoms with E-state index in [1.165, 1.54) is 32.1 Å². The van der Waals surface area contributed by atoms with E-state index in [9.17, 15) is 0 Å². The van der Waals surface area contributed by atoms with Crippen molar-refractivity contribution in [1.82, 2.24) is 4.98 Å². The van der Waals surface area contributed by atoms with Crippen LogP contribution in [0.15, 0.2) is 54.3 Å². The molecule has 0 atom stereocenters. The molecule has 0 saturated heterocycles. The smallest absolute Gasteiger partial charge is 0.0534 e. The monoisotopic (exact) mass is 233 g/mol. The van der Waals surface area contributed by atoms with E-state index in [0.717, 1.165) is 0 Å². The van der Waals surface area contributed by atoms with Crippen molar-refractivity contribution >= 4 is 41.2 Å². The van der Waals surface area contributed by atoms with Crippen molar-refractivity contribution in [1.29, 1.82) is 0 Å². The molecule has 0 aliphatic rings. The van der Waals surface area contributed by atoms with Crippen molar-refractivity contribution in [3.8, 4) is 0 Å². The first-order valence-electron chi connectivity index (χ1n) is 5.81. The lowest BCUT2D eigenvalue weighted by atomic mass is 10.0. The number of aromatic nitrogens is 1. The highest BCUT2D eigenvalue weighted by Gasteiger charge is 2.03. The highest BCUT2D eigenvalue weighted by atomic mass is 28.2. The topological polar surface area (TPSA) is 15.8 Å². The quantitative estimate of drug-likeness (QED) is 0.353. The predicted molar refractivity (Wildman–Crippen MR) is 76.1 cm³/mol. The Bertz CT molecular complexity index is 845. The van der Waals surface area contributed by atoms with Crippen LogP contribution in [-0.2, 0) is 0 Å². The van der Waals surface area contributed by atoms with Crippen molar-refractivity contribution in [2.75, 3.05) is 0 Å². The summed E-state index contributed by atoms with van der Waals surface area (Å²) in [5.74, 6) is 2.21. The Morgan fingerprint density at radius 2 is 1.65 bits per heavy atom. The number of aromatic amines is 1.